The van der Waals surface area contributed by atoms with E-state index in [1.54, 1.807) is 4.68 Å². The Labute approximate surface area is 92.4 Å². The summed E-state index contributed by atoms with van der Waals surface area (Å²) in [6, 6.07) is 0.718. The molecule has 1 fully saturated rings. The van der Waals surface area contributed by atoms with Crippen molar-refractivity contribution in [1.29, 1.82) is 0 Å². The maximum absolute atomic E-state index is 8.70. The van der Waals surface area contributed by atoms with Gasteiger partial charge in [-0.25, -0.2) is 4.68 Å². The van der Waals surface area contributed by atoms with Crippen molar-refractivity contribution in [3.8, 4) is 0 Å². The lowest BCUT2D eigenvalue weighted by Gasteiger charge is -2.04. The van der Waals surface area contributed by atoms with Crippen LogP contribution in [0.5, 0.6) is 0 Å². The fraction of sp³-hybridized carbons (Fsp3) is 0.875. The van der Waals surface area contributed by atoms with E-state index >= 15 is 0 Å². The number of hydrogen-bond acceptors (Lipinski definition) is 6. The Balaban J connectivity index is 1.75. The van der Waals surface area contributed by atoms with Crippen molar-refractivity contribution >= 4 is 11.8 Å². The third kappa shape index (κ3) is 3.44. The fourth-order valence-electron chi connectivity index (χ4n) is 1.24. The quantitative estimate of drug-likeness (QED) is 0.614. The standard InChI is InChI=1S/C8H15N5OS/c14-5-6-15-8-10-11-12-13(8)4-3-9-7-1-2-7/h7,9,14H,1-6H2. The van der Waals surface area contributed by atoms with Crippen LogP contribution in [0.15, 0.2) is 5.16 Å². The zero-order chi connectivity index (χ0) is 10.5. The van der Waals surface area contributed by atoms with Crippen LogP contribution in [-0.4, -0.2) is 50.3 Å². The van der Waals surface area contributed by atoms with E-state index in [1.807, 2.05) is 0 Å². The molecule has 1 heterocycles. The lowest BCUT2D eigenvalue weighted by molar-refractivity contribution is 0.322. The summed E-state index contributed by atoms with van der Waals surface area (Å²) in [6.07, 6.45) is 2.59. The Bertz CT molecular complexity index is 301. The molecule has 6 nitrogen and oxygen atoms in total. The highest BCUT2D eigenvalue weighted by atomic mass is 32.2. The van der Waals surface area contributed by atoms with E-state index in [2.05, 4.69) is 20.8 Å². The number of nitrogens with zero attached hydrogens (tertiary/aromatic N) is 4. The van der Waals surface area contributed by atoms with Crippen LogP contribution in [0.4, 0.5) is 0 Å². The smallest absolute Gasteiger partial charge is 0.209 e. The number of aliphatic hydroxyl groups is 1. The molecular weight excluding hydrogens is 214 g/mol. The van der Waals surface area contributed by atoms with E-state index in [0.717, 1.165) is 24.3 Å². The van der Waals surface area contributed by atoms with Gasteiger partial charge in [-0.3, -0.25) is 0 Å². The number of tetrazole rings is 1. The number of aliphatic hydroxyl groups excluding tert-OH is 1. The molecule has 1 aliphatic rings. The first-order valence-electron chi connectivity index (χ1n) is 5.13. The molecule has 2 rings (SSSR count). The van der Waals surface area contributed by atoms with Crippen LogP contribution in [-0.2, 0) is 6.54 Å². The normalized spacial score (nSPS) is 15.8. The molecule has 84 valence electrons. The molecule has 0 aromatic carbocycles. The van der Waals surface area contributed by atoms with Gasteiger partial charge in [0.15, 0.2) is 0 Å². The van der Waals surface area contributed by atoms with E-state index < -0.39 is 0 Å². The number of nitrogens with one attached hydrogen (secondary N) is 1. The van der Waals surface area contributed by atoms with Crippen LogP contribution in [0.25, 0.3) is 0 Å². The van der Waals surface area contributed by atoms with Gasteiger partial charge >= 0.3 is 0 Å². The highest BCUT2D eigenvalue weighted by Crippen LogP contribution is 2.18. The third-order valence-electron chi connectivity index (χ3n) is 2.16. The SMILES string of the molecule is OCCSc1nnnn1CCNC1CC1. The largest absolute Gasteiger partial charge is 0.396 e. The van der Waals surface area contributed by atoms with Gasteiger partial charge in [0.05, 0.1) is 13.2 Å². The minimum absolute atomic E-state index is 0.151. The van der Waals surface area contributed by atoms with E-state index in [1.165, 1.54) is 24.6 Å². The summed E-state index contributed by atoms with van der Waals surface area (Å²) in [6.45, 7) is 1.84. The molecular formula is C8H15N5OS. The molecule has 1 aliphatic carbocycles. The Kier molecular flexibility index (Phi) is 3.93. The van der Waals surface area contributed by atoms with Gasteiger partial charge in [-0.2, -0.15) is 0 Å². The van der Waals surface area contributed by atoms with Crippen molar-refractivity contribution in [3.63, 3.8) is 0 Å². The molecule has 0 spiro atoms. The van der Waals surface area contributed by atoms with E-state index in [4.69, 9.17) is 5.11 Å². The molecule has 0 amide bonds. The van der Waals surface area contributed by atoms with Crippen molar-refractivity contribution in [1.82, 2.24) is 25.5 Å². The highest BCUT2D eigenvalue weighted by molar-refractivity contribution is 7.99. The first-order chi connectivity index (χ1) is 7.40. The molecule has 1 aromatic heterocycles. The Hall–Kier alpha value is -0.660. The van der Waals surface area contributed by atoms with Crippen molar-refractivity contribution in [3.05, 3.63) is 0 Å². The van der Waals surface area contributed by atoms with Crippen molar-refractivity contribution in [2.75, 3.05) is 18.9 Å². The van der Waals surface area contributed by atoms with E-state index in [0.29, 0.717) is 5.75 Å². The molecule has 1 saturated carbocycles. The molecule has 0 atom stereocenters. The van der Waals surface area contributed by atoms with Gasteiger partial charge in [-0.1, -0.05) is 11.8 Å². The minimum atomic E-state index is 0.151. The summed E-state index contributed by atoms with van der Waals surface area (Å²) in [5.41, 5.74) is 0. The Morgan fingerprint density at radius 1 is 1.53 bits per heavy atom. The summed E-state index contributed by atoms with van der Waals surface area (Å²) in [4.78, 5) is 0. The third-order valence-corrected chi connectivity index (χ3v) is 3.09. The predicted octanol–water partition coefficient (Wildman–Crippen LogP) is -0.491. The molecule has 0 unspecified atom stereocenters. The molecule has 0 bridgehead atoms. The van der Waals surface area contributed by atoms with Crippen LogP contribution in [0, 0.1) is 0 Å². The summed E-state index contributed by atoms with van der Waals surface area (Å²) in [5.74, 6) is 0.635. The summed E-state index contributed by atoms with van der Waals surface area (Å²) < 4.78 is 1.77. The summed E-state index contributed by atoms with van der Waals surface area (Å²) >= 11 is 1.48. The topological polar surface area (TPSA) is 75.9 Å². The first-order valence-corrected chi connectivity index (χ1v) is 6.12. The van der Waals surface area contributed by atoms with Gasteiger partial charge < -0.3 is 10.4 Å². The highest BCUT2D eigenvalue weighted by Gasteiger charge is 2.19. The number of thioether (sulfide) groups is 1. The van der Waals surface area contributed by atoms with E-state index in [9.17, 15) is 0 Å². The zero-order valence-electron chi connectivity index (χ0n) is 8.46. The molecule has 0 radical (unpaired) electrons. The Morgan fingerprint density at radius 3 is 3.13 bits per heavy atom. The van der Waals surface area contributed by atoms with Gasteiger partial charge in [0, 0.05) is 18.3 Å². The minimum Gasteiger partial charge on any atom is -0.396 e. The molecule has 7 heteroatoms. The van der Waals surface area contributed by atoms with Gasteiger partial charge in [-0.05, 0) is 23.3 Å². The van der Waals surface area contributed by atoms with Crippen molar-refractivity contribution < 1.29 is 5.11 Å². The second kappa shape index (κ2) is 5.43. The predicted molar refractivity (Wildman–Crippen MR) is 56.7 cm³/mol. The molecule has 1 aromatic rings. The van der Waals surface area contributed by atoms with Crippen LogP contribution in [0.3, 0.4) is 0 Å². The fourth-order valence-corrected chi connectivity index (χ4v) is 1.88. The molecule has 2 N–H and O–H groups in total. The summed E-state index contributed by atoms with van der Waals surface area (Å²) in [5, 5.41) is 24.3. The number of hydrogen-bond donors (Lipinski definition) is 2. The van der Waals surface area contributed by atoms with E-state index in [-0.39, 0.29) is 6.61 Å². The Morgan fingerprint density at radius 2 is 2.40 bits per heavy atom. The summed E-state index contributed by atoms with van der Waals surface area (Å²) in [7, 11) is 0. The van der Waals surface area contributed by atoms with Crippen LogP contribution in [0.1, 0.15) is 12.8 Å². The average molecular weight is 229 g/mol. The first kappa shape index (κ1) is 10.8. The van der Waals surface area contributed by atoms with Gasteiger partial charge in [0.1, 0.15) is 0 Å². The molecule has 0 saturated heterocycles. The number of rotatable bonds is 7. The molecule has 15 heavy (non-hydrogen) atoms. The monoisotopic (exact) mass is 229 g/mol. The number of aromatic nitrogens is 4. The van der Waals surface area contributed by atoms with Crippen LogP contribution >= 0.6 is 11.8 Å². The van der Waals surface area contributed by atoms with Crippen LogP contribution < -0.4 is 5.32 Å². The molecule has 0 aliphatic heterocycles. The van der Waals surface area contributed by atoms with Crippen LogP contribution in [0.2, 0.25) is 0 Å². The van der Waals surface area contributed by atoms with Gasteiger partial charge in [0.2, 0.25) is 5.16 Å². The maximum atomic E-state index is 8.70. The van der Waals surface area contributed by atoms with Crippen molar-refractivity contribution in [2.45, 2.75) is 30.6 Å². The average Bonchev–Trinajstić information content (AvgIpc) is 2.95. The van der Waals surface area contributed by atoms with Crippen molar-refractivity contribution in [2.24, 2.45) is 0 Å². The maximum Gasteiger partial charge on any atom is 0.209 e. The van der Waals surface area contributed by atoms with Gasteiger partial charge in [0.25, 0.3) is 0 Å². The second-order valence-corrected chi connectivity index (χ2v) is 4.55. The lowest BCUT2D eigenvalue weighted by atomic mass is 10.6. The second-order valence-electron chi connectivity index (χ2n) is 3.49. The lowest BCUT2D eigenvalue weighted by Crippen LogP contribution is -2.22. The zero-order valence-corrected chi connectivity index (χ0v) is 9.28. The van der Waals surface area contributed by atoms with Gasteiger partial charge in [-0.15, -0.1) is 5.10 Å².